The first kappa shape index (κ1) is 19.5. The SMILES string of the molecule is COc1ccccc1C1=COC2C(CCC3OCN(c4cccc(Cl)c4)CC32)C1=O. The van der Waals surface area contributed by atoms with Gasteiger partial charge in [0.2, 0.25) is 0 Å². The standard InChI is InChI=1S/C24H24ClNO4/c1-28-21-8-3-2-7-17(21)20-13-29-24-18(23(20)27)9-10-22-19(24)12-26(14-30-22)16-6-4-5-15(25)11-16/h2-8,11,13,18-19,22,24H,9-10,12,14H2,1H3. The molecule has 2 aromatic rings. The van der Waals surface area contributed by atoms with E-state index in [0.717, 1.165) is 30.6 Å². The van der Waals surface area contributed by atoms with E-state index in [2.05, 4.69) is 4.90 Å². The fraction of sp³-hybridized carbons (Fsp3) is 0.375. The molecule has 156 valence electrons. The Kier molecular flexibility index (Phi) is 5.17. The number of nitrogens with zero attached hydrogens (tertiary/aromatic N) is 1. The van der Waals surface area contributed by atoms with Crippen LogP contribution in [0, 0.1) is 11.8 Å². The van der Waals surface area contributed by atoms with Crippen molar-refractivity contribution in [3.63, 3.8) is 0 Å². The topological polar surface area (TPSA) is 48.0 Å². The molecule has 2 heterocycles. The smallest absolute Gasteiger partial charge is 0.173 e. The molecule has 0 N–H and O–H groups in total. The number of para-hydroxylation sites is 1. The second kappa shape index (κ2) is 7.97. The van der Waals surface area contributed by atoms with Gasteiger partial charge in [0.15, 0.2) is 5.78 Å². The minimum atomic E-state index is -0.184. The number of ether oxygens (including phenoxy) is 3. The number of carbonyl (C=O) groups excluding carboxylic acids is 1. The van der Waals surface area contributed by atoms with E-state index in [0.29, 0.717) is 23.1 Å². The summed E-state index contributed by atoms with van der Waals surface area (Å²) in [7, 11) is 1.62. The number of Topliss-reactive ketones (excluding diaryl/α,β-unsaturated/α-hetero) is 1. The molecule has 5 nitrogen and oxygen atoms in total. The summed E-state index contributed by atoms with van der Waals surface area (Å²) in [5, 5.41) is 0.699. The van der Waals surface area contributed by atoms with Crippen LogP contribution in [0.1, 0.15) is 18.4 Å². The van der Waals surface area contributed by atoms with Gasteiger partial charge in [-0.25, -0.2) is 0 Å². The Morgan fingerprint density at radius 2 is 2.00 bits per heavy atom. The van der Waals surface area contributed by atoms with Crippen LogP contribution in [0.5, 0.6) is 5.75 Å². The van der Waals surface area contributed by atoms with Crippen molar-refractivity contribution < 1.29 is 19.0 Å². The zero-order chi connectivity index (χ0) is 20.7. The average molecular weight is 426 g/mol. The number of halogens is 1. The highest BCUT2D eigenvalue weighted by Gasteiger charge is 2.49. The van der Waals surface area contributed by atoms with E-state index in [4.69, 9.17) is 25.8 Å². The molecule has 0 radical (unpaired) electrons. The van der Waals surface area contributed by atoms with Crippen LogP contribution in [0.2, 0.25) is 5.02 Å². The fourth-order valence-electron chi connectivity index (χ4n) is 4.95. The third kappa shape index (κ3) is 3.36. The summed E-state index contributed by atoms with van der Waals surface area (Å²) >= 11 is 6.18. The summed E-state index contributed by atoms with van der Waals surface area (Å²) in [6.45, 7) is 1.30. The maximum atomic E-state index is 13.4. The lowest BCUT2D eigenvalue weighted by atomic mass is 9.71. The third-order valence-corrected chi connectivity index (χ3v) is 6.68. The number of methoxy groups -OCH3 is 1. The molecule has 2 fully saturated rings. The van der Waals surface area contributed by atoms with Crippen LogP contribution in [0.3, 0.4) is 0 Å². The van der Waals surface area contributed by atoms with Gasteiger partial charge >= 0.3 is 0 Å². The monoisotopic (exact) mass is 425 g/mol. The fourth-order valence-corrected chi connectivity index (χ4v) is 5.13. The Morgan fingerprint density at radius 3 is 2.83 bits per heavy atom. The van der Waals surface area contributed by atoms with Gasteiger partial charge in [0.05, 0.1) is 31.0 Å². The number of allylic oxidation sites excluding steroid dienone is 1. The highest BCUT2D eigenvalue weighted by molar-refractivity contribution is 6.30. The Bertz CT molecular complexity index is 991. The van der Waals surface area contributed by atoms with E-state index >= 15 is 0 Å². The highest BCUT2D eigenvalue weighted by Crippen LogP contribution is 2.43. The number of hydrogen-bond donors (Lipinski definition) is 0. The second-order valence-electron chi connectivity index (χ2n) is 8.08. The van der Waals surface area contributed by atoms with E-state index in [9.17, 15) is 4.79 Å². The third-order valence-electron chi connectivity index (χ3n) is 6.45. The Hall–Kier alpha value is -2.50. The lowest BCUT2D eigenvalue weighted by Gasteiger charge is -2.48. The predicted molar refractivity (Wildman–Crippen MR) is 116 cm³/mol. The van der Waals surface area contributed by atoms with E-state index < -0.39 is 0 Å². The van der Waals surface area contributed by atoms with Gasteiger partial charge in [-0.1, -0.05) is 35.9 Å². The van der Waals surface area contributed by atoms with Crippen LogP contribution in [-0.4, -0.2) is 38.4 Å². The van der Waals surface area contributed by atoms with Crippen molar-refractivity contribution in [3.8, 4) is 5.75 Å². The molecule has 2 aromatic carbocycles. The van der Waals surface area contributed by atoms with Gasteiger partial charge in [-0.15, -0.1) is 0 Å². The van der Waals surface area contributed by atoms with Gasteiger partial charge < -0.3 is 19.1 Å². The molecule has 30 heavy (non-hydrogen) atoms. The molecule has 0 amide bonds. The van der Waals surface area contributed by atoms with Crippen molar-refractivity contribution in [2.24, 2.45) is 11.8 Å². The van der Waals surface area contributed by atoms with E-state index in [1.165, 1.54) is 0 Å². The first-order chi connectivity index (χ1) is 14.7. The molecule has 0 aromatic heterocycles. The number of benzene rings is 2. The molecule has 1 saturated carbocycles. The molecule has 2 aliphatic heterocycles. The quantitative estimate of drug-likeness (QED) is 0.722. The zero-order valence-corrected chi connectivity index (χ0v) is 17.5. The largest absolute Gasteiger partial charge is 0.496 e. The Morgan fingerprint density at radius 1 is 1.13 bits per heavy atom. The van der Waals surface area contributed by atoms with Gasteiger partial charge in [0.25, 0.3) is 0 Å². The Labute approximate surface area is 181 Å². The van der Waals surface area contributed by atoms with E-state index in [1.54, 1.807) is 13.4 Å². The summed E-state index contributed by atoms with van der Waals surface area (Å²) in [6, 6.07) is 15.4. The van der Waals surface area contributed by atoms with Gasteiger partial charge in [-0.3, -0.25) is 4.79 Å². The molecule has 1 aliphatic carbocycles. The maximum absolute atomic E-state index is 13.4. The van der Waals surface area contributed by atoms with Crippen molar-refractivity contribution in [1.29, 1.82) is 0 Å². The molecule has 4 atom stereocenters. The van der Waals surface area contributed by atoms with E-state index in [1.807, 2.05) is 48.5 Å². The van der Waals surface area contributed by atoms with Crippen molar-refractivity contribution in [1.82, 2.24) is 0 Å². The molecular formula is C24H24ClNO4. The van der Waals surface area contributed by atoms with Crippen LogP contribution in [0.25, 0.3) is 5.57 Å². The molecule has 4 unspecified atom stereocenters. The zero-order valence-electron chi connectivity index (χ0n) is 16.8. The van der Waals surface area contributed by atoms with Gasteiger partial charge in [0.1, 0.15) is 18.6 Å². The first-order valence-corrected chi connectivity index (χ1v) is 10.7. The van der Waals surface area contributed by atoms with Crippen LogP contribution in [-0.2, 0) is 14.3 Å². The molecule has 6 heteroatoms. The molecular weight excluding hydrogens is 402 g/mol. The van der Waals surface area contributed by atoms with Crippen molar-refractivity contribution >= 4 is 28.6 Å². The van der Waals surface area contributed by atoms with Crippen molar-refractivity contribution in [2.75, 3.05) is 25.3 Å². The second-order valence-corrected chi connectivity index (χ2v) is 8.52. The number of hydrogen-bond acceptors (Lipinski definition) is 5. The highest BCUT2D eigenvalue weighted by atomic mass is 35.5. The average Bonchev–Trinajstić information content (AvgIpc) is 2.79. The summed E-state index contributed by atoms with van der Waals surface area (Å²) in [5.74, 6) is 0.769. The minimum Gasteiger partial charge on any atom is -0.496 e. The number of ketones is 1. The summed E-state index contributed by atoms with van der Waals surface area (Å²) in [6.07, 6.45) is 3.19. The van der Waals surface area contributed by atoms with Gasteiger partial charge in [-0.2, -0.15) is 0 Å². The number of fused-ring (bicyclic) bond motifs is 3. The Balaban J connectivity index is 1.41. The summed E-state index contributed by atoms with van der Waals surface area (Å²) in [5.41, 5.74) is 2.40. The lowest BCUT2D eigenvalue weighted by molar-refractivity contribution is -0.140. The predicted octanol–water partition coefficient (Wildman–Crippen LogP) is 4.55. The van der Waals surface area contributed by atoms with E-state index in [-0.39, 0.29) is 29.8 Å². The normalized spacial score (nSPS) is 28.1. The number of carbonyl (C=O) groups is 1. The summed E-state index contributed by atoms with van der Waals surface area (Å²) in [4.78, 5) is 15.6. The first-order valence-electron chi connectivity index (χ1n) is 10.3. The lowest BCUT2D eigenvalue weighted by Crippen LogP contribution is -2.56. The molecule has 0 bridgehead atoms. The number of rotatable bonds is 3. The van der Waals surface area contributed by atoms with Crippen LogP contribution >= 0.6 is 11.6 Å². The minimum absolute atomic E-state index is 0.107. The van der Waals surface area contributed by atoms with Crippen LogP contribution in [0.4, 0.5) is 5.69 Å². The molecule has 1 saturated heterocycles. The molecule has 5 rings (SSSR count). The maximum Gasteiger partial charge on any atom is 0.173 e. The van der Waals surface area contributed by atoms with Crippen molar-refractivity contribution in [3.05, 3.63) is 65.4 Å². The summed E-state index contributed by atoms with van der Waals surface area (Å²) < 4.78 is 17.9. The molecule has 3 aliphatic rings. The molecule has 0 spiro atoms. The van der Waals surface area contributed by atoms with Crippen LogP contribution < -0.4 is 9.64 Å². The number of anilines is 1. The van der Waals surface area contributed by atoms with Gasteiger partial charge in [-0.05, 0) is 37.1 Å². The van der Waals surface area contributed by atoms with Gasteiger partial charge in [0, 0.05) is 28.7 Å². The van der Waals surface area contributed by atoms with Crippen molar-refractivity contribution in [2.45, 2.75) is 25.0 Å². The van der Waals surface area contributed by atoms with Crippen LogP contribution in [0.15, 0.2) is 54.8 Å².